The third-order valence-corrected chi connectivity index (χ3v) is 5.11. The third-order valence-electron chi connectivity index (χ3n) is 3.14. The van der Waals surface area contributed by atoms with Crippen molar-refractivity contribution in [3.05, 3.63) is 54.9 Å². The first-order chi connectivity index (χ1) is 9.99. The SMILES string of the molecule is COc1ccc(C(N)c2cc(Br)ccc2Br)c(OC)c1Br. The zero-order valence-corrected chi connectivity index (χ0v) is 16.2. The molecule has 112 valence electrons. The van der Waals surface area contributed by atoms with Crippen LogP contribution < -0.4 is 15.2 Å². The average molecular weight is 480 g/mol. The van der Waals surface area contributed by atoms with Crippen molar-refractivity contribution >= 4 is 47.8 Å². The van der Waals surface area contributed by atoms with Crippen LogP contribution >= 0.6 is 47.8 Å². The quantitative estimate of drug-likeness (QED) is 0.668. The molecule has 0 radical (unpaired) electrons. The van der Waals surface area contributed by atoms with Gasteiger partial charge in [0.2, 0.25) is 0 Å². The van der Waals surface area contributed by atoms with Crippen molar-refractivity contribution < 1.29 is 9.47 Å². The van der Waals surface area contributed by atoms with Gasteiger partial charge in [0.05, 0.1) is 20.3 Å². The second-order valence-electron chi connectivity index (χ2n) is 4.35. The Morgan fingerprint density at radius 3 is 2.29 bits per heavy atom. The highest BCUT2D eigenvalue weighted by Crippen LogP contribution is 2.41. The van der Waals surface area contributed by atoms with Gasteiger partial charge in [-0.3, -0.25) is 0 Å². The van der Waals surface area contributed by atoms with Gasteiger partial charge >= 0.3 is 0 Å². The summed E-state index contributed by atoms with van der Waals surface area (Å²) in [6.45, 7) is 0. The Hall–Kier alpha value is -0.560. The van der Waals surface area contributed by atoms with Crippen molar-refractivity contribution in [1.29, 1.82) is 0 Å². The summed E-state index contributed by atoms with van der Waals surface area (Å²) in [5, 5.41) is 0. The first-order valence-electron chi connectivity index (χ1n) is 6.10. The van der Waals surface area contributed by atoms with Gasteiger partial charge in [-0.05, 0) is 51.8 Å². The van der Waals surface area contributed by atoms with Gasteiger partial charge in [-0.2, -0.15) is 0 Å². The Morgan fingerprint density at radius 2 is 1.67 bits per heavy atom. The Bertz CT molecular complexity index is 662. The molecule has 0 aromatic heterocycles. The predicted octanol–water partition coefficient (Wildman–Crippen LogP) is 5.04. The van der Waals surface area contributed by atoms with Crippen LogP contribution in [0.25, 0.3) is 0 Å². The molecule has 0 fully saturated rings. The maximum Gasteiger partial charge on any atom is 0.141 e. The summed E-state index contributed by atoms with van der Waals surface area (Å²) in [6.07, 6.45) is 0. The van der Waals surface area contributed by atoms with Crippen molar-refractivity contribution in [3.63, 3.8) is 0 Å². The predicted molar refractivity (Wildman–Crippen MR) is 95.1 cm³/mol. The molecule has 0 aliphatic carbocycles. The Balaban J connectivity index is 2.55. The minimum atomic E-state index is -0.325. The molecule has 1 unspecified atom stereocenters. The standard InChI is InChI=1S/C15H14Br3NO2/c1-20-12-6-4-9(15(21-2)13(12)18)14(19)10-7-8(16)3-5-11(10)17/h3-7,14H,19H2,1-2H3. The topological polar surface area (TPSA) is 44.5 Å². The van der Waals surface area contributed by atoms with Crippen molar-refractivity contribution in [1.82, 2.24) is 0 Å². The highest BCUT2D eigenvalue weighted by molar-refractivity contribution is 9.11. The highest BCUT2D eigenvalue weighted by Gasteiger charge is 2.20. The minimum absolute atomic E-state index is 0.325. The molecule has 0 heterocycles. The van der Waals surface area contributed by atoms with E-state index in [0.717, 1.165) is 24.5 Å². The zero-order chi connectivity index (χ0) is 15.6. The Kier molecular flexibility index (Phi) is 5.71. The van der Waals surface area contributed by atoms with Crippen LogP contribution in [0.1, 0.15) is 17.2 Å². The second kappa shape index (κ2) is 7.13. The van der Waals surface area contributed by atoms with E-state index in [0.29, 0.717) is 11.5 Å². The van der Waals surface area contributed by atoms with Gasteiger partial charge in [-0.25, -0.2) is 0 Å². The van der Waals surface area contributed by atoms with Crippen LogP contribution in [-0.4, -0.2) is 14.2 Å². The van der Waals surface area contributed by atoms with Crippen LogP contribution in [0.15, 0.2) is 43.7 Å². The molecule has 2 aromatic rings. The maximum absolute atomic E-state index is 6.43. The van der Waals surface area contributed by atoms with E-state index in [1.54, 1.807) is 14.2 Å². The molecule has 0 aliphatic heterocycles. The normalized spacial score (nSPS) is 12.1. The number of ether oxygens (including phenoxy) is 2. The Morgan fingerprint density at radius 1 is 0.952 bits per heavy atom. The van der Waals surface area contributed by atoms with E-state index in [1.807, 2.05) is 30.3 Å². The molecule has 0 spiro atoms. The second-order valence-corrected chi connectivity index (χ2v) is 6.91. The van der Waals surface area contributed by atoms with Crippen LogP contribution in [0, 0.1) is 0 Å². The molecule has 3 nitrogen and oxygen atoms in total. The molecular weight excluding hydrogens is 466 g/mol. The third kappa shape index (κ3) is 3.44. The lowest BCUT2D eigenvalue weighted by atomic mass is 9.98. The van der Waals surface area contributed by atoms with E-state index in [2.05, 4.69) is 47.8 Å². The molecule has 1 atom stereocenters. The van der Waals surface area contributed by atoms with Gasteiger partial charge < -0.3 is 15.2 Å². The largest absolute Gasteiger partial charge is 0.495 e. The fraction of sp³-hybridized carbons (Fsp3) is 0.200. The number of rotatable bonds is 4. The number of hydrogen-bond donors (Lipinski definition) is 1. The summed E-state index contributed by atoms with van der Waals surface area (Å²) < 4.78 is 13.5. The fourth-order valence-corrected chi connectivity index (χ4v) is 3.64. The molecular formula is C15H14Br3NO2. The van der Waals surface area contributed by atoms with Gasteiger partial charge in [-0.1, -0.05) is 31.9 Å². The number of hydrogen-bond acceptors (Lipinski definition) is 3. The molecule has 0 saturated heterocycles. The number of methoxy groups -OCH3 is 2. The van der Waals surface area contributed by atoms with Gasteiger partial charge in [-0.15, -0.1) is 0 Å². The summed E-state index contributed by atoms with van der Waals surface area (Å²) in [6, 6.07) is 9.38. The van der Waals surface area contributed by atoms with Crippen molar-refractivity contribution in [3.8, 4) is 11.5 Å². The lowest BCUT2D eigenvalue weighted by Crippen LogP contribution is -2.14. The van der Waals surface area contributed by atoms with E-state index in [1.165, 1.54) is 0 Å². The molecule has 0 saturated carbocycles. The van der Waals surface area contributed by atoms with Crippen molar-refractivity contribution in [2.75, 3.05) is 14.2 Å². The van der Waals surface area contributed by atoms with Crippen molar-refractivity contribution in [2.24, 2.45) is 5.73 Å². The molecule has 21 heavy (non-hydrogen) atoms. The first-order valence-corrected chi connectivity index (χ1v) is 8.48. The first kappa shape index (κ1) is 16.8. The fourth-order valence-electron chi connectivity index (χ4n) is 2.08. The molecule has 6 heteroatoms. The number of halogens is 3. The van der Waals surface area contributed by atoms with E-state index in [4.69, 9.17) is 15.2 Å². The van der Waals surface area contributed by atoms with E-state index in [-0.39, 0.29) is 6.04 Å². The monoisotopic (exact) mass is 477 g/mol. The van der Waals surface area contributed by atoms with Crippen LogP contribution in [0.2, 0.25) is 0 Å². The highest BCUT2D eigenvalue weighted by atomic mass is 79.9. The number of benzene rings is 2. The minimum Gasteiger partial charge on any atom is -0.495 e. The summed E-state index contributed by atoms with van der Waals surface area (Å²) in [5.74, 6) is 1.38. The lowest BCUT2D eigenvalue weighted by molar-refractivity contribution is 0.385. The van der Waals surface area contributed by atoms with Gasteiger partial charge in [0.15, 0.2) is 0 Å². The van der Waals surface area contributed by atoms with Crippen LogP contribution in [-0.2, 0) is 0 Å². The van der Waals surface area contributed by atoms with E-state index < -0.39 is 0 Å². The summed E-state index contributed by atoms with van der Waals surface area (Å²) in [4.78, 5) is 0. The smallest absolute Gasteiger partial charge is 0.141 e. The molecule has 0 bridgehead atoms. The summed E-state index contributed by atoms with van der Waals surface area (Å²) >= 11 is 10.5. The Labute approximate surface area is 149 Å². The zero-order valence-electron chi connectivity index (χ0n) is 11.5. The lowest BCUT2D eigenvalue weighted by Gasteiger charge is -2.20. The van der Waals surface area contributed by atoms with Crippen LogP contribution in [0.5, 0.6) is 11.5 Å². The van der Waals surface area contributed by atoms with Crippen LogP contribution in [0.4, 0.5) is 0 Å². The maximum atomic E-state index is 6.43. The molecule has 2 rings (SSSR count). The molecule has 0 amide bonds. The van der Waals surface area contributed by atoms with Crippen LogP contribution in [0.3, 0.4) is 0 Å². The van der Waals surface area contributed by atoms with E-state index >= 15 is 0 Å². The van der Waals surface area contributed by atoms with Gasteiger partial charge in [0.1, 0.15) is 16.0 Å². The molecule has 2 N–H and O–H groups in total. The van der Waals surface area contributed by atoms with Gasteiger partial charge in [0, 0.05) is 14.5 Å². The molecule has 0 aliphatic rings. The van der Waals surface area contributed by atoms with E-state index in [9.17, 15) is 0 Å². The number of nitrogens with two attached hydrogens (primary N) is 1. The summed E-state index contributed by atoms with van der Waals surface area (Å²) in [5.41, 5.74) is 8.28. The molecule has 2 aromatic carbocycles. The average Bonchev–Trinajstić information content (AvgIpc) is 2.48. The summed E-state index contributed by atoms with van der Waals surface area (Å²) in [7, 11) is 3.23. The van der Waals surface area contributed by atoms with Gasteiger partial charge in [0.25, 0.3) is 0 Å². The van der Waals surface area contributed by atoms with Crippen molar-refractivity contribution in [2.45, 2.75) is 6.04 Å².